The van der Waals surface area contributed by atoms with Crippen molar-refractivity contribution in [2.24, 2.45) is 0 Å². The molecule has 1 aliphatic heterocycles. The molecule has 1 aliphatic rings. The average Bonchev–Trinajstić information content (AvgIpc) is 2.39. The molecule has 1 heterocycles. The van der Waals surface area contributed by atoms with E-state index in [1.54, 1.807) is 12.1 Å². The van der Waals surface area contributed by atoms with Crippen LogP contribution in [0.15, 0.2) is 30.3 Å². The van der Waals surface area contributed by atoms with E-state index >= 15 is 0 Å². The fraction of sp³-hybridized carbons (Fsp3) is 0.385. The van der Waals surface area contributed by atoms with E-state index in [9.17, 15) is 14.7 Å². The molecule has 1 unspecified atom stereocenters. The number of benzene rings is 1. The number of nitrogens with one attached hydrogen (secondary N) is 1. The van der Waals surface area contributed by atoms with Gasteiger partial charge in [-0.3, -0.25) is 9.69 Å². The summed E-state index contributed by atoms with van der Waals surface area (Å²) >= 11 is 0. The zero-order valence-electron chi connectivity index (χ0n) is 10.2. The Morgan fingerprint density at radius 3 is 2.56 bits per heavy atom. The minimum absolute atomic E-state index is 0.164. The van der Waals surface area contributed by atoms with Gasteiger partial charge in [-0.1, -0.05) is 30.3 Å². The van der Waals surface area contributed by atoms with Crippen LogP contribution in [0.1, 0.15) is 12.5 Å². The Labute approximate surface area is 105 Å². The van der Waals surface area contributed by atoms with Gasteiger partial charge in [0.2, 0.25) is 0 Å². The second kappa shape index (κ2) is 4.78. The highest BCUT2D eigenvalue weighted by Gasteiger charge is 2.47. The Morgan fingerprint density at radius 2 is 2.00 bits per heavy atom. The van der Waals surface area contributed by atoms with Gasteiger partial charge in [0.1, 0.15) is 5.54 Å². The molecular weight excluding hydrogens is 232 g/mol. The van der Waals surface area contributed by atoms with Gasteiger partial charge >= 0.3 is 6.09 Å². The van der Waals surface area contributed by atoms with E-state index in [0.29, 0.717) is 25.2 Å². The van der Waals surface area contributed by atoms with E-state index in [-0.39, 0.29) is 5.78 Å². The molecule has 0 radical (unpaired) electrons. The zero-order chi connectivity index (χ0) is 13.2. The molecule has 96 valence electrons. The zero-order valence-corrected chi connectivity index (χ0v) is 10.2. The van der Waals surface area contributed by atoms with Crippen molar-refractivity contribution < 1.29 is 14.7 Å². The van der Waals surface area contributed by atoms with Crippen molar-refractivity contribution in [3.63, 3.8) is 0 Å². The highest BCUT2D eigenvalue weighted by atomic mass is 16.4. The fourth-order valence-electron chi connectivity index (χ4n) is 2.49. The molecule has 0 aliphatic carbocycles. The van der Waals surface area contributed by atoms with Crippen molar-refractivity contribution in [3.05, 3.63) is 35.9 Å². The van der Waals surface area contributed by atoms with Gasteiger partial charge in [-0.15, -0.1) is 0 Å². The van der Waals surface area contributed by atoms with Gasteiger partial charge in [0, 0.05) is 19.6 Å². The normalized spacial score (nSPS) is 23.7. The standard InChI is InChI=1S/C13H16N2O3/c1-10(16)13(11-5-3-2-4-6-11)9-14-7-8-15(13)12(17)18/h2-6,14H,7-9H2,1H3,(H,17,18). The number of piperazine rings is 1. The second-order valence-corrected chi connectivity index (χ2v) is 4.39. The van der Waals surface area contributed by atoms with Crippen molar-refractivity contribution in [3.8, 4) is 0 Å². The van der Waals surface area contributed by atoms with Crippen molar-refractivity contribution in [1.82, 2.24) is 10.2 Å². The number of carboxylic acid groups (broad SMARTS) is 1. The van der Waals surface area contributed by atoms with E-state index in [0.717, 1.165) is 0 Å². The first-order valence-corrected chi connectivity index (χ1v) is 5.87. The smallest absolute Gasteiger partial charge is 0.408 e. The number of nitrogens with zero attached hydrogens (tertiary/aromatic N) is 1. The van der Waals surface area contributed by atoms with Crippen LogP contribution in [0.4, 0.5) is 4.79 Å². The summed E-state index contributed by atoms with van der Waals surface area (Å²) in [4.78, 5) is 24.7. The lowest BCUT2D eigenvalue weighted by molar-refractivity contribution is -0.129. The largest absolute Gasteiger partial charge is 0.465 e. The number of hydrogen-bond donors (Lipinski definition) is 2. The summed E-state index contributed by atoms with van der Waals surface area (Å²) in [6, 6.07) is 9.07. The van der Waals surface area contributed by atoms with E-state index in [4.69, 9.17) is 0 Å². The monoisotopic (exact) mass is 248 g/mol. The minimum Gasteiger partial charge on any atom is -0.465 e. The molecular formula is C13H16N2O3. The summed E-state index contributed by atoms with van der Waals surface area (Å²) in [5.74, 6) is -0.164. The number of Topliss-reactive ketones (excluding diaryl/α,β-unsaturated/α-hetero) is 1. The van der Waals surface area contributed by atoms with Gasteiger partial charge in [0.05, 0.1) is 0 Å². The van der Waals surface area contributed by atoms with Crippen molar-refractivity contribution >= 4 is 11.9 Å². The molecule has 0 saturated carbocycles. The molecule has 2 N–H and O–H groups in total. The molecule has 1 atom stereocenters. The Balaban J connectivity index is 2.54. The minimum atomic E-state index is -1.11. The lowest BCUT2D eigenvalue weighted by atomic mass is 9.83. The quantitative estimate of drug-likeness (QED) is 0.821. The number of amides is 1. The van der Waals surface area contributed by atoms with Gasteiger partial charge in [0.25, 0.3) is 0 Å². The Kier molecular flexibility index (Phi) is 3.34. The summed E-state index contributed by atoms with van der Waals surface area (Å²) < 4.78 is 0. The number of rotatable bonds is 2. The van der Waals surface area contributed by atoms with Gasteiger partial charge in [0.15, 0.2) is 5.78 Å². The van der Waals surface area contributed by atoms with Crippen molar-refractivity contribution in [2.45, 2.75) is 12.5 Å². The summed E-state index contributed by atoms with van der Waals surface area (Å²) in [7, 11) is 0. The Morgan fingerprint density at radius 1 is 1.33 bits per heavy atom. The van der Waals surface area contributed by atoms with Gasteiger partial charge in [-0.25, -0.2) is 4.79 Å². The molecule has 1 fully saturated rings. The lowest BCUT2D eigenvalue weighted by Gasteiger charge is -2.44. The van der Waals surface area contributed by atoms with Crippen molar-refractivity contribution in [2.75, 3.05) is 19.6 Å². The second-order valence-electron chi connectivity index (χ2n) is 4.39. The molecule has 0 bridgehead atoms. The van der Waals surface area contributed by atoms with Crippen LogP contribution in [0.25, 0.3) is 0 Å². The first-order valence-electron chi connectivity index (χ1n) is 5.87. The maximum Gasteiger partial charge on any atom is 0.408 e. The number of hydrogen-bond acceptors (Lipinski definition) is 3. The predicted molar refractivity (Wildman–Crippen MR) is 66.4 cm³/mol. The van der Waals surface area contributed by atoms with Gasteiger partial charge in [-0.05, 0) is 12.5 Å². The average molecular weight is 248 g/mol. The summed E-state index contributed by atoms with van der Waals surface area (Å²) in [5, 5.41) is 12.4. The number of ketones is 1. The topological polar surface area (TPSA) is 69.6 Å². The van der Waals surface area contributed by atoms with E-state index in [2.05, 4.69) is 5.32 Å². The van der Waals surface area contributed by atoms with Crippen LogP contribution >= 0.6 is 0 Å². The van der Waals surface area contributed by atoms with Gasteiger partial charge < -0.3 is 10.4 Å². The van der Waals surface area contributed by atoms with Crippen LogP contribution in [-0.4, -0.2) is 41.5 Å². The number of carbonyl (C=O) groups is 2. The SMILES string of the molecule is CC(=O)C1(c2ccccc2)CNCCN1C(=O)O. The highest BCUT2D eigenvalue weighted by Crippen LogP contribution is 2.31. The third-order valence-electron chi connectivity index (χ3n) is 3.42. The van der Waals surface area contributed by atoms with Crippen LogP contribution < -0.4 is 5.32 Å². The van der Waals surface area contributed by atoms with Crippen LogP contribution in [0.5, 0.6) is 0 Å². The molecule has 2 rings (SSSR count). The predicted octanol–water partition coefficient (Wildman–Crippen LogP) is 1.05. The molecule has 0 aromatic heterocycles. The fourth-order valence-corrected chi connectivity index (χ4v) is 2.49. The first kappa shape index (κ1) is 12.6. The molecule has 1 amide bonds. The third kappa shape index (κ3) is 1.86. The molecule has 5 nitrogen and oxygen atoms in total. The summed E-state index contributed by atoms with van der Waals surface area (Å²) in [5.41, 5.74) is -0.391. The van der Waals surface area contributed by atoms with E-state index in [1.165, 1.54) is 11.8 Å². The Hall–Kier alpha value is -1.88. The molecule has 1 saturated heterocycles. The van der Waals surface area contributed by atoms with Crippen LogP contribution in [0.2, 0.25) is 0 Å². The highest BCUT2D eigenvalue weighted by molar-refractivity contribution is 5.91. The maximum atomic E-state index is 12.1. The van der Waals surface area contributed by atoms with Crippen LogP contribution in [-0.2, 0) is 10.3 Å². The number of carbonyl (C=O) groups excluding carboxylic acids is 1. The van der Waals surface area contributed by atoms with Crippen LogP contribution in [0, 0.1) is 0 Å². The van der Waals surface area contributed by atoms with Crippen LogP contribution in [0.3, 0.4) is 0 Å². The molecule has 5 heteroatoms. The first-order chi connectivity index (χ1) is 8.59. The van der Waals surface area contributed by atoms with E-state index in [1.807, 2.05) is 18.2 Å². The van der Waals surface area contributed by atoms with Gasteiger partial charge in [-0.2, -0.15) is 0 Å². The summed E-state index contributed by atoms with van der Waals surface area (Å²) in [6.45, 7) is 2.63. The molecule has 18 heavy (non-hydrogen) atoms. The lowest BCUT2D eigenvalue weighted by Crippen LogP contribution is -2.64. The maximum absolute atomic E-state index is 12.1. The van der Waals surface area contributed by atoms with Crippen molar-refractivity contribution in [1.29, 1.82) is 0 Å². The van der Waals surface area contributed by atoms with E-state index < -0.39 is 11.6 Å². The molecule has 1 aromatic rings. The molecule has 1 aromatic carbocycles. The Bertz CT molecular complexity index is 461. The third-order valence-corrected chi connectivity index (χ3v) is 3.42. The molecule has 0 spiro atoms. The summed E-state index contributed by atoms with van der Waals surface area (Å²) in [6.07, 6.45) is -1.06.